The summed E-state index contributed by atoms with van der Waals surface area (Å²) in [6.45, 7) is -0.287. The molecule has 7 heteroatoms. The highest BCUT2D eigenvalue weighted by atomic mass is 16.4. The van der Waals surface area contributed by atoms with Gasteiger partial charge < -0.3 is 15.3 Å². The molecule has 1 heterocycles. The molecule has 4 rings (SSSR count). The lowest BCUT2D eigenvalue weighted by Crippen LogP contribution is -2.55. The van der Waals surface area contributed by atoms with Crippen molar-refractivity contribution in [2.75, 3.05) is 13.1 Å². The number of piperidine rings is 1. The van der Waals surface area contributed by atoms with Gasteiger partial charge in [0.05, 0.1) is 5.92 Å². The third-order valence-corrected chi connectivity index (χ3v) is 5.90. The van der Waals surface area contributed by atoms with E-state index in [2.05, 4.69) is 5.32 Å². The van der Waals surface area contributed by atoms with Gasteiger partial charge in [0, 0.05) is 13.1 Å². The van der Waals surface area contributed by atoms with Crippen molar-refractivity contribution in [3.63, 3.8) is 0 Å². The fraction of sp³-hybridized carbons (Fsp3) is 0.185. The van der Waals surface area contributed by atoms with Crippen molar-refractivity contribution < 1.29 is 24.3 Å². The predicted molar refractivity (Wildman–Crippen MR) is 126 cm³/mol. The fourth-order valence-corrected chi connectivity index (χ4v) is 4.16. The Morgan fingerprint density at radius 2 is 1.44 bits per heavy atom. The van der Waals surface area contributed by atoms with Gasteiger partial charge in [0.15, 0.2) is 11.7 Å². The van der Waals surface area contributed by atoms with Crippen LogP contribution in [0.2, 0.25) is 0 Å². The molecule has 0 radical (unpaired) electrons. The first kappa shape index (κ1) is 22.9. The molecule has 1 aliphatic heterocycles. The van der Waals surface area contributed by atoms with Crippen molar-refractivity contribution in [3.8, 4) is 11.1 Å². The molecule has 172 valence electrons. The molecule has 2 unspecified atom stereocenters. The molecule has 2 N–H and O–H groups in total. The number of nitrogens with zero attached hydrogens (tertiary/aromatic N) is 1. The van der Waals surface area contributed by atoms with Crippen LogP contribution in [-0.2, 0) is 25.7 Å². The van der Waals surface area contributed by atoms with Crippen LogP contribution in [0.5, 0.6) is 0 Å². The van der Waals surface area contributed by atoms with E-state index in [0.29, 0.717) is 5.56 Å². The fourth-order valence-electron chi connectivity index (χ4n) is 4.16. The molecule has 0 spiro atoms. The van der Waals surface area contributed by atoms with E-state index in [1.807, 2.05) is 60.7 Å². The molecule has 2 amide bonds. The van der Waals surface area contributed by atoms with Crippen LogP contribution in [-0.4, -0.2) is 46.7 Å². The number of Topliss-reactive ketones (excluding diaryl/α,β-unsaturated/α-hetero) is 1. The summed E-state index contributed by atoms with van der Waals surface area (Å²) < 4.78 is 0. The van der Waals surface area contributed by atoms with E-state index >= 15 is 0 Å². The summed E-state index contributed by atoms with van der Waals surface area (Å²) in [5, 5.41) is 11.1. The number of rotatable bonds is 7. The lowest BCUT2D eigenvalue weighted by Gasteiger charge is -2.36. The number of carbonyl (C=O) groups excluding carboxylic acids is 3. The zero-order chi connectivity index (χ0) is 24.1. The monoisotopic (exact) mass is 456 g/mol. The first-order valence-corrected chi connectivity index (χ1v) is 11.0. The Kier molecular flexibility index (Phi) is 6.82. The Morgan fingerprint density at radius 3 is 2.06 bits per heavy atom. The number of carboxylic acids is 1. The third-order valence-electron chi connectivity index (χ3n) is 5.90. The van der Waals surface area contributed by atoms with E-state index < -0.39 is 41.9 Å². The summed E-state index contributed by atoms with van der Waals surface area (Å²) in [5.74, 6) is -5.53. The van der Waals surface area contributed by atoms with E-state index in [0.717, 1.165) is 16.7 Å². The molecular weight excluding hydrogens is 432 g/mol. The van der Waals surface area contributed by atoms with E-state index in [4.69, 9.17) is 5.11 Å². The van der Waals surface area contributed by atoms with Crippen LogP contribution in [0.4, 0.5) is 0 Å². The maximum absolute atomic E-state index is 13.2. The number of likely N-dealkylation sites (tertiary alicyclic amines) is 1. The molecule has 0 saturated carbocycles. The molecule has 0 bridgehead atoms. The largest absolute Gasteiger partial charge is 0.480 e. The smallest absolute Gasteiger partial charge is 0.322 e. The number of benzene rings is 3. The Bertz CT molecular complexity index is 1190. The van der Waals surface area contributed by atoms with E-state index in [1.165, 1.54) is 4.90 Å². The minimum atomic E-state index is -1.58. The number of ketones is 1. The van der Waals surface area contributed by atoms with Gasteiger partial charge in [-0.2, -0.15) is 0 Å². The SMILES string of the molecule is O=C(O)CNC(=O)C1C(=O)C(c2ccccc2)CN(Cc2ccc(-c3ccccc3)cc2)C1=O. The number of nitrogens with one attached hydrogen (secondary N) is 1. The normalized spacial score (nSPS) is 17.9. The molecule has 0 aromatic heterocycles. The van der Waals surface area contributed by atoms with E-state index in [9.17, 15) is 19.2 Å². The van der Waals surface area contributed by atoms with E-state index in [1.54, 1.807) is 24.3 Å². The van der Waals surface area contributed by atoms with Gasteiger partial charge >= 0.3 is 5.97 Å². The molecule has 3 aromatic carbocycles. The quantitative estimate of drug-likeness (QED) is 0.532. The second-order valence-corrected chi connectivity index (χ2v) is 8.19. The van der Waals surface area contributed by atoms with Crippen molar-refractivity contribution in [3.05, 3.63) is 96.1 Å². The standard InChI is InChI=1S/C27H24N2O5/c30-23(31)15-28-26(33)24-25(32)22(21-9-5-2-6-10-21)17-29(27(24)34)16-18-11-13-20(14-12-18)19-7-3-1-4-8-19/h1-14,22,24H,15-17H2,(H,28,33)(H,30,31). The molecule has 2 atom stereocenters. The van der Waals surface area contributed by atoms with Gasteiger partial charge in [0.2, 0.25) is 11.8 Å². The van der Waals surface area contributed by atoms with Gasteiger partial charge in [0.1, 0.15) is 6.54 Å². The summed E-state index contributed by atoms with van der Waals surface area (Å²) in [6.07, 6.45) is 0. The van der Waals surface area contributed by atoms with E-state index in [-0.39, 0.29) is 13.1 Å². The van der Waals surface area contributed by atoms with Crippen molar-refractivity contribution in [2.24, 2.45) is 5.92 Å². The second-order valence-electron chi connectivity index (χ2n) is 8.19. The molecule has 3 aromatic rings. The average molecular weight is 456 g/mol. The highest BCUT2D eigenvalue weighted by Gasteiger charge is 2.46. The van der Waals surface area contributed by atoms with Gasteiger partial charge in [-0.15, -0.1) is 0 Å². The number of carbonyl (C=O) groups is 4. The summed E-state index contributed by atoms with van der Waals surface area (Å²) in [6, 6.07) is 26.7. The van der Waals surface area contributed by atoms with Crippen molar-refractivity contribution in [2.45, 2.75) is 12.5 Å². The number of aliphatic carboxylic acids is 1. The Balaban J connectivity index is 1.58. The minimum Gasteiger partial charge on any atom is -0.480 e. The van der Waals surface area contributed by atoms with Crippen LogP contribution >= 0.6 is 0 Å². The molecule has 7 nitrogen and oxygen atoms in total. The first-order valence-electron chi connectivity index (χ1n) is 11.0. The zero-order valence-electron chi connectivity index (χ0n) is 18.4. The second kappa shape index (κ2) is 10.1. The summed E-state index contributed by atoms with van der Waals surface area (Å²) in [7, 11) is 0. The molecule has 1 fully saturated rings. The average Bonchev–Trinajstić information content (AvgIpc) is 2.86. The Morgan fingerprint density at radius 1 is 0.853 bits per heavy atom. The number of hydrogen-bond donors (Lipinski definition) is 2. The predicted octanol–water partition coefficient (Wildman–Crippen LogP) is 2.87. The number of amides is 2. The Hall–Kier alpha value is -4.26. The van der Waals surface area contributed by atoms with Gasteiger partial charge in [-0.05, 0) is 22.3 Å². The van der Waals surface area contributed by atoms with Crippen LogP contribution in [0, 0.1) is 5.92 Å². The summed E-state index contributed by atoms with van der Waals surface area (Å²) in [4.78, 5) is 51.4. The molecular formula is C27H24N2O5. The minimum absolute atomic E-state index is 0.144. The molecule has 34 heavy (non-hydrogen) atoms. The van der Waals surface area contributed by atoms with Crippen LogP contribution < -0.4 is 5.32 Å². The van der Waals surface area contributed by atoms with Crippen molar-refractivity contribution >= 4 is 23.6 Å². The lowest BCUT2D eigenvalue weighted by atomic mass is 9.82. The Labute approximate surface area is 197 Å². The van der Waals surface area contributed by atoms with Gasteiger partial charge in [-0.1, -0.05) is 84.9 Å². The molecule has 1 saturated heterocycles. The molecule has 1 aliphatic rings. The highest BCUT2D eigenvalue weighted by Crippen LogP contribution is 2.30. The van der Waals surface area contributed by atoms with Gasteiger partial charge in [-0.25, -0.2) is 0 Å². The number of carboxylic acid groups (broad SMARTS) is 1. The van der Waals surface area contributed by atoms with Crippen LogP contribution in [0.1, 0.15) is 17.0 Å². The molecule has 0 aliphatic carbocycles. The topological polar surface area (TPSA) is 104 Å². The van der Waals surface area contributed by atoms with Crippen molar-refractivity contribution in [1.29, 1.82) is 0 Å². The van der Waals surface area contributed by atoms with Gasteiger partial charge in [0.25, 0.3) is 0 Å². The van der Waals surface area contributed by atoms with Crippen molar-refractivity contribution in [1.82, 2.24) is 10.2 Å². The maximum Gasteiger partial charge on any atom is 0.322 e. The zero-order valence-corrected chi connectivity index (χ0v) is 18.4. The summed E-state index contributed by atoms with van der Waals surface area (Å²) >= 11 is 0. The van der Waals surface area contributed by atoms with Gasteiger partial charge in [-0.3, -0.25) is 19.2 Å². The van der Waals surface area contributed by atoms with Crippen LogP contribution in [0.3, 0.4) is 0 Å². The maximum atomic E-state index is 13.2. The van der Waals surface area contributed by atoms with Crippen LogP contribution in [0.25, 0.3) is 11.1 Å². The first-order chi connectivity index (χ1) is 16.4. The lowest BCUT2D eigenvalue weighted by molar-refractivity contribution is -0.153. The van der Waals surface area contributed by atoms with Crippen LogP contribution in [0.15, 0.2) is 84.9 Å². The number of hydrogen-bond acceptors (Lipinski definition) is 4. The highest BCUT2D eigenvalue weighted by molar-refractivity contribution is 6.21. The summed E-state index contributed by atoms with van der Waals surface area (Å²) in [5.41, 5.74) is 3.69. The third kappa shape index (κ3) is 5.04.